The standard InChI is InChI=1S/C18H14F3N3O/c1-24-10-14(16(23-24)17(20)21)18(25)22-15-5-3-2-4-13(15)11-6-8-12(19)9-7-11/h2-10,17H,1H3,(H,22,25). The minimum absolute atomic E-state index is 0.189. The third-order valence-corrected chi connectivity index (χ3v) is 3.64. The van der Waals surface area contributed by atoms with E-state index < -0.39 is 18.0 Å². The molecule has 3 rings (SSSR count). The van der Waals surface area contributed by atoms with Crippen LogP contribution in [-0.4, -0.2) is 15.7 Å². The summed E-state index contributed by atoms with van der Waals surface area (Å²) < 4.78 is 40.3. The number of amides is 1. The van der Waals surface area contributed by atoms with Crippen molar-refractivity contribution in [3.05, 3.63) is 71.8 Å². The van der Waals surface area contributed by atoms with Gasteiger partial charge in [-0.1, -0.05) is 30.3 Å². The number of para-hydroxylation sites is 1. The van der Waals surface area contributed by atoms with Crippen LogP contribution in [0.1, 0.15) is 22.5 Å². The van der Waals surface area contributed by atoms with Gasteiger partial charge in [0.05, 0.1) is 5.56 Å². The highest BCUT2D eigenvalue weighted by Crippen LogP contribution is 2.29. The summed E-state index contributed by atoms with van der Waals surface area (Å²) in [4.78, 5) is 12.4. The van der Waals surface area contributed by atoms with Gasteiger partial charge in [0.15, 0.2) is 0 Å². The van der Waals surface area contributed by atoms with Gasteiger partial charge in [-0.25, -0.2) is 13.2 Å². The fourth-order valence-electron chi connectivity index (χ4n) is 2.50. The number of hydrogen-bond acceptors (Lipinski definition) is 2. The second kappa shape index (κ2) is 6.80. The Labute approximate surface area is 141 Å². The van der Waals surface area contributed by atoms with Gasteiger partial charge in [-0.05, 0) is 23.8 Å². The van der Waals surface area contributed by atoms with Crippen molar-refractivity contribution in [3.8, 4) is 11.1 Å². The first-order valence-corrected chi connectivity index (χ1v) is 7.43. The molecule has 0 saturated heterocycles. The zero-order chi connectivity index (χ0) is 18.0. The number of aromatic nitrogens is 2. The second-order valence-electron chi connectivity index (χ2n) is 5.41. The number of carbonyl (C=O) groups is 1. The summed E-state index contributed by atoms with van der Waals surface area (Å²) in [5, 5.41) is 6.26. The molecule has 0 fully saturated rings. The van der Waals surface area contributed by atoms with E-state index in [9.17, 15) is 18.0 Å². The maximum atomic E-state index is 13.1. The average Bonchev–Trinajstić information content (AvgIpc) is 2.99. The van der Waals surface area contributed by atoms with Crippen LogP contribution in [0.5, 0.6) is 0 Å². The summed E-state index contributed by atoms with van der Waals surface area (Å²) in [5.41, 5.74) is 1.02. The molecule has 0 aliphatic carbocycles. The predicted octanol–water partition coefficient (Wildman–Crippen LogP) is 4.42. The Morgan fingerprint density at radius 3 is 2.48 bits per heavy atom. The van der Waals surface area contributed by atoms with Crippen LogP contribution in [0.2, 0.25) is 0 Å². The summed E-state index contributed by atoms with van der Waals surface area (Å²) in [7, 11) is 1.47. The van der Waals surface area contributed by atoms with Gasteiger partial charge in [0, 0.05) is 24.5 Å². The number of rotatable bonds is 4. The van der Waals surface area contributed by atoms with E-state index in [1.54, 1.807) is 36.4 Å². The van der Waals surface area contributed by atoms with Crippen LogP contribution in [0.3, 0.4) is 0 Å². The van der Waals surface area contributed by atoms with E-state index in [1.165, 1.54) is 30.1 Å². The van der Waals surface area contributed by atoms with Gasteiger partial charge in [-0.15, -0.1) is 0 Å². The number of carbonyl (C=O) groups excluding carboxylic acids is 1. The molecule has 3 aromatic rings. The number of hydrogen-bond donors (Lipinski definition) is 1. The molecule has 128 valence electrons. The van der Waals surface area contributed by atoms with Gasteiger partial charge in [0.2, 0.25) is 0 Å². The van der Waals surface area contributed by atoms with Crippen LogP contribution in [0.25, 0.3) is 11.1 Å². The monoisotopic (exact) mass is 345 g/mol. The van der Waals surface area contributed by atoms with Crippen LogP contribution >= 0.6 is 0 Å². The summed E-state index contributed by atoms with van der Waals surface area (Å²) in [6.07, 6.45) is -1.61. The van der Waals surface area contributed by atoms with Crippen LogP contribution in [0, 0.1) is 5.82 Å². The quantitative estimate of drug-likeness (QED) is 0.761. The fraction of sp³-hybridized carbons (Fsp3) is 0.111. The Hall–Kier alpha value is -3.09. The largest absolute Gasteiger partial charge is 0.321 e. The van der Waals surface area contributed by atoms with Crippen LogP contribution < -0.4 is 5.32 Å². The number of nitrogens with zero attached hydrogens (tertiary/aromatic N) is 2. The minimum atomic E-state index is -2.85. The van der Waals surface area contributed by atoms with Crippen molar-refractivity contribution in [1.82, 2.24) is 9.78 Å². The highest BCUT2D eigenvalue weighted by atomic mass is 19.3. The lowest BCUT2D eigenvalue weighted by Crippen LogP contribution is -2.14. The molecule has 1 N–H and O–H groups in total. The van der Waals surface area contributed by atoms with Crippen LogP contribution in [0.4, 0.5) is 18.9 Å². The topological polar surface area (TPSA) is 46.9 Å². The molecule has 2 aromatic carbocycles. The van der Waals surface area contributed by atoms with Crippen molar-refractivity contribution in [1.29, 1.82) is 0 Å². The lowest BCUT2D eigenvalue weighted by molar-refractivity contribution is 0.101. The van der Waals surface area contributed by atoms with Gasteiger partial charge in [0.25, 0.3) is 12.3 Å². The molecule has 0 unspecified atom stereocenters. The molecular weight excluding hydrogens is 331 g/mol. The van der Waals surface area contributed by atoms with E-state index in [1.807, 2.05) is 0 Å². The van der Waals surface area contributed by atoms with Gasteiger partial charge < -0.3 is 5.32 Å². The van der Waals surface area contributed by atoms with E-state index >= 15 is 0 Å². The van der Waals surface area contributed by atoms with E-state index in [4.69, 9.17) is 0 Å². The summed E-state index contributed by atoms with van der Waals surface area (Å²) in [6, 6.07) is 12.6. The maximum Gasteiger partial charge on any atom is 0.282 e. The third kappa shape index (κ3) is 3.55. The minimum Gasteiger partial charge on any atom is -0.321 e. The van der Waals surface area contributed by atoms with Crippen molar-refractivity contribution in [2.75, 3.05) is 5.32 Å². The highest BCUT2D eigenvalue weighted by molar-refractivity contribution is 6.06. The van der Waals surface area contributed by atoms with E-state index in [0.717, 1.165) is 0 Å². The molecule has 7 heteroatoms. The Kier molecular flexibility index (Phi) is 4.56. The van der Waals surface area contributed by atoms with Crippen molar-refractivity contribution in [2.45, 2.75) is 6.43 Å². The molecule has 0 aliphatic rings. The first-order valence-electron chi connectivity index (χ1n) is 7.43. The lowest BCUT2D eigenvalue weighted by atomic mass is 10.0. The molecule has 1 amide bonds. The normalized spacial score (nSPS) is 10.9. The van der Waals surface area contributed by atoms with Gasteiger partial charge in [-0.3, -0.25) is 9.48 Å². The number of alkyl halides is 2. The SMILES string of the molecule is Cn1cc(C(=O)Nc2ccccc2-c2ccc(F)cc2)c(C(F)F)n1. The Morgan fingerprint density at radius 1 is 1.12 bits per heavy atom. The van der Waals surface area contributed by atoms with E-state index in [2.05, 4.69) is 10.4 Å². The first kappa shape index (κ1) is 16.8. The zero-order valence-electron chi connectivity index (χ0n) is 13.2. The molecule has 4 nitrogen and oxygen atoms in total. The van der Waals surface area contributed by atoms with Crippen LogP contribution in [0.15, 0.2) is 54.7 Å². The van der Waals surface area contributed by atoms with Crippen molar-refractivity contribution in [2.24, 2.45) is 7.05 Å². The van der Waals surface area contributed by atoms with Crippen molar-refractivity contribution < 1.29 is 18.0 Å². The third-order valence-electron chi connectivity index (χ3n) is 3.64. The van der Waals surface area contributed by atoms with Crippen LogP contribution in [-0.2, 0) is 7.05 Å². The molecule has 0 saturated carbocycles. The number of halogens is 3. The molecule has 25 heavy (non-hydrogen) atoms. The molecule has 0 bridgehead atoms. The highest BCUT2D eigenvalue weighted by Gasteiger charge is 2.23. The van der Waals surface area contributed by atoms with E-state index in [0.29, 0.717) is 16.8 Å². The molecule has 1 aromatic heterocycles. The number of aryl methyl sites for hydroxylation is 1. The molecule has 0 aliphatic heterocycles. The fourth-order valence-corrected chi connectivity index (χ4v) is 2.50. The van der Waals surface area contributed by atoms with Crippen molar-refractivity contribution >= 4 is 11.6 Å². The van der Waals surface area contributed by atoms with E-state index in [-0.39, 0.29) is 11.4 Å². The van der Waals surface area contributed by atoms with Crippen molar-refractivity contribution in [3.63, 3.8) is 0 Å². The lowest BCUT2D eigenvalue weighted by Gasteiger charge is -2.11. The maximum absolute atomic E-state index is 13.1. The summed E-state index contributed by atoms with van der Waals surface area (Å²) in [6.45, 7) is 0. The zero-order valence-corrected chi connectivity index (χ0v) is 13.2. The first-order chi connectivity index (χ1) is 12.0. The smallest absolute Gasteiger partial charge is 0.282 e. The summed E-state index contributed by atoms with van der Waals surface area (Å²) in [5.74, 6) is -1.06. The second-order valence-corrected chi connectivity index (χ2v) is 5.41. The molecule has 0 spiro atoms. The molecule has 0 atom stereocenters. The molecule has 0 radical (unpaired) electrons. The molecule has 1 heterocycles. The summed E-state index contributed by atoms with van der Waals surface area (Å²) >= 11 is 0. The van der Waals surface area contributed by atoms with Gasteiger partial charge in [0.1, 0.15) is 11.5 Å². The van der Waals surface area contributed by atoms with Gasteiger partial charge >= 0.3 is 0 Å². The average molecular weight is 345 g/mol. The number of anilines is 1. The Bertz CT molecular complexity index is 904. The predicted molar refractivity (Wildman–Crippen MR) is 88.0 cm³/mol. The number of nitrogens with one attached hydrogen (secondary N) is 1. The number of benzene rings is 2. The Balaban J connectivity index is 1.94. The van der Waals surface area contributed by atoms with Gasteiger partial charge in [-0.2, -0.15) is 5.10 Å². The Morgan fingerprint density at radius 2 is 1.80 bits per heavy atom. The molecular formula is C18H14F3N3O.